The molecule has 3 rings (SSSR count). The normalized spacial score (nSPS) is 15.2. The molecule has 20 heavy (non-hydrogen) atoms. The SMILES string of the molecule is CNC(c1ccc(Br)c(C)c1)c1ccc2c(c1)COC2. The topological polar surface area (TPSA) is 21.3 Å². The first-order valence-corrected chi connectivity index (χ1v) is 7.61. The molecule has 1 heterocycles. The van der Waals surface area contributed by atoms with Gasteiger partial charge in [0.2, 0.25) is 0 Å². The predicted octanol–water partition coefficient (Wildman–Crippen LogP) is 4.10. The molecule has 0 radical (unpaired) electrons. The highest BCUT2D eigenvalue weighted by atomic mass is 79.9. The summed E-state index contributed by atoms with van der Waals surface area (Å²) in [6, 6.07) is 13.4. The summed E-state index contributed by atoms with van der Waals surface area (Å²) in [7, 11) is 2.01. The van der Waals surface area contributed by atoms with Gasteiger partial charge in [-0.2, -0.15) is 0 Å². The van der Waals surface area contributed by atoms with E-state index in [9.17, 15) is 0 Å². The summed E-state index contributed by atoms with van der Waals surface area (Å²) in [4.78, 5) is 0. The minimum absolute atomic E-state index is 0.215. The van der Waals surface area contributed by atoms with Gasteiger partial charge in [-0.25, -0.2) is 0 Å². The molecule has 1 unspecified atom stereocenters. The molecule has 0 saturated carbocycles. The summed E-state index contributed by atoms with van der Waals surface area (Å²) >= 11 is 3.56. The average Bonchev–Trinajstić information content (AvgIpc) is 2.91. The lowest BCUT2D eigenvalue weighted by Gasteiger charge is -2.19. The van der Waals surface area contributed by atoms with Gasteiger partial charge < -0.3 is 10.1 Å². The Labute approximate surface area is 128 Å². The Morgan fingerprint density at radius 2 is 1.75 bits per heavy atom. The van der Waals surface area contributed by atoms with Crippen LogP contribution < -0.4 is 5.32 Å². The van der Waals surface area contributed by atoms with Crippen LogP contribution in [-0.2, 0) is 18.0 Å². The van der Waals surface area contributed by atoms with Gasteiger partial charge in [-0.05, 0) is 47.9 Å². The maximum absolute atomic E-state index is 5.50. The second-order valence-electron chi connectivity index (χ2n) is 5.25. The monoisotopic (exact) mass is 331 g/mol. The van der Waals surface area contributed by atoms with Crippen LogP contribution >= 0.6 is 15.9 Å². The predicted molar refractivity (Wildman–Crippen MR) is 84.7 cm³/mol. The zero-order valence-electron chi connectivity index (χ0n) is 11.7. The van der Waals surface area contributed by atoms with Crippen LogP contribution in [0.1, 0.15) is 33.9 Å². The number of nitrogens with one attached hydrogen (secondary N) is 1. The third kappa shape index (κ3) is 2.53. The number of rotatable bonds is 3. The number of halogens is 1. The molecule has 0 aliphatic carbocycles. The maximum Gasteiger partial charge on any atom is 0.0725 e. The Balaban J connectivity index is 1.98. The first kappa shape index (κ1) is 13.8. The van der Waals surface area contributed by atoms with Crippen LogP contribution in [0, 0.1) is 6.92 Å². The Hall–Kier alpha value is -1.16. The molecular formula is C17H18BrNO. The van der Waals surface area contributed by atoms with Crippen molar-refractivity contribution in [3.05, 3.63) is 68.7 Å². The first-order chi connectivity index (χ1) is 9.69. The number of fused-ring (bicyclic) bond motifs is 1. The second kappa shape index (κ2) is 5.68. The van der Waals surface area contributed by atoms with Crippen molar-refractivity contribution >= 4 is 15.9 Å². The zero-order chi connectivity index (χ0) is 14.1. The molecule has 0 aromatic heterocycles. The van der Waals surface area contributed by atoms with Crippen molar-refractivity contribution in [3.8, 4) is 0 Å². The zero-order valence-corrected chi connectivity index (χ0v) is 13.3. The van der Waals surface area contributed by atoms with E-state index >= 15 is 0 Å². The molecule has 0 amide bonds. The molecule has 104 valence electrons. The van der Waals surface area contributed by atoms with Gasteiger partial charge in [0.05, 0.1) is 19.3 Å². The molecule has 0 saturated heterocycles. The summed E-state index contributed by atoms with van der Waals surface area (Å²) in [5.74, 6) is 0. The quantitative estimate of drug-likeness (QED) is 0.914. The van der Waals surface area contributed by atoms with Crippen molar-refractivity contribution in [2.45, 2.75) is 26.2 Å². The van der Waals surface area contributed by atoms with Crippen molar-refractivity contribution in [2.24, 2.45) is 0 Å². The van der Waals surface area contributed by atoms with Crippen molar-refractivity contribution in [2.75, 3.05) is 7.05 Å². The molecule has 3 heteroatoms. The Morgan fingerprint density at radius 3 is 2.50 bits per heavy atom. The molecule has 1 aliphatic rings. The highest BCUT2D eigenvalue weighted by molar-refractivity contribution is 9.10. The van der Waals surface area contributed by atoms with Crippen molar-refractivity contribution in [3.63, 3.8) is 0 Å². The fraction of sp³-hybridized carbons (Fsp3) is 0.294. The molecule has 2 aromatic carbocycles. The minimum atomic E-state index is 0.215. The fourth-order valence-corrected chi connectivity index (χ4v) is 2.99. The number of hydrogen-bond donors (Lipinski definition) is 1. The van der Waals surface area contributed by atoms with E-state index in [0.717, 1.165) is 17.7 Å². The van der Waals surface area contributed by atoms with E-state index in [1.807, 2.05) is 7.05 Å². The largest absolute Gasteiger partial charge is 0.372 e. The van der Waals surface area contributed by atoms with Crippen LogP contribution in [-0.4, -0.2) is 7.05 Å². The van der Waals surface area contributed by atoms with E-state index in [4.69, 9.17) is 4.74 Å². The van der Waals surface area contributed by atoms with E-state index in [1.54, 1.807) is 0 Å². The average molecular weight is 332 g/mol. The molecule has 0 bridgehead atoms. The minimum Gasteiger partial charge on any atom is -0.372 e. The smallest absolute Gasteiger partial charge is 0.0725 e. The molecule has 0 fully saturated rings. The lowest BCUT2D eigenvalue weighted by molar-refractivity contribution is 0.134. The maximum atomic E-state index is 5.50. The standard InChI is InChI=1S/C17H18BrNO/c1-11-7-12(5-6-16(11)18)17(19-2)13-3-4-14-9-20-10-15(14)8-13/h3-8,17,19H,9-10H2,1-2H3. The van der Waals surface area contributed by atoms with Gasteiger partial charge in [0.1, 0.15) is 0 Å². The van der Waals surface area contributed by atoms with Gasteiger partial charge in [-0.3, -0.25) is 0 Å². The molecule has 2 nitrogen and oxygen atoms in total. The molecule has 1 N–H and O–H groups in total. The lowest BCUT2D eigenvalue weighted by Crippen LogP contribution is -2.18. The summed E-state index contributed by atoms with van der Waals surface area (Å²) < 4.78 is 6.65. The molecule has 2 aromatic rings. The molecule has 0 spiro atoms. The van der Waals surface area contributed by atoms with Crippen LogP contribution in [0.5, 0.6) is 0 Å². The van der Waals surface area contributed by atoms with E-state index in [0.29, 0.717) is 0 Å². The van der Waals surface area contributed by atoms with E-state index < -0.39 is 0 Å². The van der Waals surface area contributed by atoms with Crippen molar-refractivity contribution in [1.82, 2.24) is 5.32 Å². The second-order valence-corrected chi connectivity index (χ2v) is 6.11. The van der Waals surface area contributed by atoms with Crippen LogP contribution in [0.15, 0.2) is 40.9 Å². The van der Waals surface area contributed by atoms with E-state index in [1.165, 1.54) is 27.8 Å². The number of benzene rings is 2. The third-order valence-electron chi connectivity index (χ3n) is 3.88. The van der Waals surface area contributed by atoms with E-state index in [2.05, 4.69) is 64.6 Å². The van der Waals surface area contributed by atoms with E-state index in [-0.39, 0.29) is 6.04 Å². The Morgan fingerprint density at radius 1 is 1.05 bits per heavy atom. The summed E-state index contributed by atoms with van der Waals surface area (Å²) in [5, 5.41) is 3.42. The van der Waals surface area contributed by atoms with Gasteiger partial charge >= 0.3 is 0 Å². The molecule has 1 atom stereocenters. The number of hydrogen-bond acceptors (Lipinski definition) is 2. The van der Waals surface area contributed by atoms with Crippen molar-refractivity contribution < 1.29 is 4.74 Å². The van der Waals surface area contributed by atoms with Crippen LogP contribution in [0.2, 0.25) is 0 Å². The van der Waals surface area contributed by atoms with Crippen LogP contribution in [0.4, 0.5) is 0 Å². The highest BCUT2D eigenvalue weighted by Crippen LogP contribution is 2.29. The van der Waals surface area contributed by atoms with Gasteiger partial charge in [0, 0.05) is 4.47 Å². The van der Waals surface area contributed by atoms with Crippen LogP contribution in [0.3, 0.4) is 0 Å². The first-order valence-electron chi connectivity index (χ1n) is 6.82. The van der Waals surface area contributed by atoms with Crippen molar-refractivity contribution in [1.29, 1.82) is 0 Å². The summed E-state index contributed by atoms with van der Waals surface area (Å²) in [6.07, 6.45) is 0. The molecular weight excluding hydrogens is 314 g/mol. The fourth-order valence-electron chi connectivity index (χ4n) is 2.74. The number of aryl methyl sites for hydroxylation is 1. The molecule has 1 aliphatic heterocycles. The van der Waals surface area contributed by atoms with Gasteiger partial charge in [0.15, 0.2) is 0 Å². The van der Waals surface area contributed by atoms with Gasteiger partial charge in [-0.1, -0.05) is 46.3 Å². The summed E-state index contributed by atoms with van der Waals surface area (Å²) in [5.41, 5.74) is 6.46. The third-order valence-corrected chi connectivity index (χ3v) is 4.77. The van der Waals surface area contributed by atoms with Gasteiger partial charge in [0.25, 0.3) is 0 Å². The van der Waals surface area contributed by atoms with Crippen LogP contribution in [0.25, 0.3) is 0 Å². The highest BCUT2D eigenvalue weighted by Gasteiger charge is 2.17. The lowest BCUT2D eigenvalue weighted by atomic mass is 9.95. The Kier molecular flexibility index (Phi) is 3.92. The number of ether oxygens (including phenoxy) is 1. The Bertz CT molecular complexity index is 639. The summed E-state index contributed by atoms with van der Waals surface area (Å²) in [6.45, 7) is 3.60. The van der Waals surface area contributed by atoms with Gasteiger partial charge in [-0.15, -0.1) is 0 Å².